The number of aliphatic hydroxyl groups excluding tert-OH is 2. The fraction of sp³-hybridized carbons (Fsp3) is 0.500. The van der Waals surface area contributed by atoms with Gasteiger partial charge in [-0.1, -0.05) is 24.3 Å². The normalized spacial score (nSPS) is 24.6. The first-order valence-corrected chi connectivity index (χ1v) is 10.5. The van der Waals surface area contributed by atoms with Crippen LogP contribution in [0.25, 0.3) is 0 Å². The van der Waals surface area contributed by atoms with Crippen LogP contribution in [0.2, 0.25) is 0 Å². The molecule has 2 aromatic carbocycles. The van der Waals surface area contributed by atoms with Crippen molar-refractivity contribution in [2.24, 2.45) is 0 Å². The molecule has 3 atom stereocenters. The molecule has 1 saturated heterocycles. The lowest BCUT2D eigenvalue weighted by Gasteiger charge is -2.33. The van der Waals surface area contributed by atoms with Crippen LogP contribution in [0.3, 0.4) is 0 Å². The summed E-state index contributed by atoms with van der Waals surface area (Å²) in [6, 6.07) is 13.1. The van der Waals surface area contributed by atoms with Gasteiger partial charge in [0, 0.05) is 12.8 Å². The van der Waals surface area contributed by atoms with Gasteiger partial charge < -0.3 is 19.7 Å². The number of rotatable bonds is 4. The molecule has 1 heterocycles. The Morgan fingerprint density at radius 2 is 1.82 bits per heavy atom. The third-order valence-electron chi connectivity index (χ3n) is 5.95. The van der Waals surface area contributed by atoms with E-state index in [0.29, 0.717) is 19.4 Å². The summed E-state index contributed by atoms with van der Waals surface area (Å²) in [6.45, 7) is 2.65. The van der Waals surface area contributed by atoms with E-state index < -0.39 is 6.10 Å². The zero-order chi connectivity index (χ0) is 19.5. The van der Waals surface area contributed by atoms with E-state index in [4.69, 9.17) is 9.47 Å². The number of benzene rings is 2. The fourth-order valence-corrected chi connectivity index (χ4v) is 4.52. The molecule has 0 amide bonds. The topological polar surface area (TPSA) is 58.9 Å². The zero-order valence-corrected chi connectivity index (χ0v) is 16.6. The number of aryl methyl sites for hydroxylation is 2. The molecule has 0 radical (unpaired) electrons. The van der Waals surface area contributed by atoms with Crippen LogP contribution in [0.1, 0.15) is 60.1 Å². The van der Waals surface area contributed by atoms with Crippen molar-refractivity contribution in [3.05, 3.63) is 64.2 Å². The van der Waals surface area contributed by atoms with Crippen molar-refractivity contribution >= 4 is 0 Å². The van der Waals surface area contributed by atoms with Crippen molar-refractivity contribution < 1.29 is 19.7 Å². The maximum absolute atomic E-state index is 10.2. The Morgan fingerprint density at radius 3 is 2.64 bits per heavy atom. The van der Waals surface area contributed by atoms with Gasteiger partial charge in [0.25, 0.3) is 0 Å². The number of hydrogen-bond donors (Lipinski definition) is 2. The summed E-state index contributed by atoms with van der Waals surface area (Å²) in [7, 11) is 0. The summed E-state index contributed by atoms with van der Waals surface area (Å²) >= 11 is 0. The van der Waals surface area contributed by atoms with E-state index in [1.807, 2.05) is 6.92 Å². The SMILES string of the molecule is CCOc1ccc2c(c1)CCCc1ccc(C3C[C@@H](O)C[C@@H](CO)O3)cc1C2. The Balaban J connectivity index is 1.61. The van der Waals surface area contributed by atoms with Crippen molar-refractivity contribution in [2.45, 2.75) is 63.8 Å². The Morgan fingerprint density at radius 1 is 1.00 bits per heavy atom. The van der Waals surface area contributed by atoms with E-state index in [2.05, 4.69) is 36.4 Å². The first kappa shape index (κ1) is 19.4. The number of hydrogen-bond acceptors (Lipinski definition) is 4. The van der Waals surface area contributed by atoms with Crippen molar-refractivity contribution in [3.63, 3.8) is 0 Å². The highest BCUT2D eigenvalue weighted by Crippen LogP contribution is 2.34. The lowest BCUT2D eigenvalue weighted by molar-refractivity contribution is -0.113. The van der Waals surface area contributed by atoms with Gasteiger partial charge in [-0.05, 0) is 72.6 Å². The van der Waals surface area contributed by atoms with Gasteiger partial charge in [0.1, 0.15) is 5.75 Å². The lowest BCUT2D eigenvalue weighted by atomic mass is 9.86. The minimum atomic E-state index is -0.421. The first-order chi connectivity index (χ1) is 13.7. The second-order valence-electron chi connectivity index (χ2n) is 7.98. The van der Waals surface area contributed by atoms with Gasteiger partial charge in [-0.3, -0.25) is 0 Å². The molecular weight excluding hydrogens is 352 g/mol. The van der Waals surface area contributed by atoms with Crippen molar-refractivity contribution in [1.82, 2.24) is 0 Å². The van der Waals surface area contributed by atoms with Crippen LogP contribution in [0.5, 0.6) is 5.75 Å². The lowest BCUT2D eigenvalue weighted by Crippen LogP contribution is -2.33. The van der Waals surface area contributed by atoms with Crippen LogP contribution in [0.15, 0.2) is 36.4 Å². The third-order valence-corrected chi connectivity index (χ3v) is 5.95. The van der Waals surface area contributed by atoms with Gasteiger partial charge in [-0.2, -0.15) is 0 Å². The summed E-state index contributed by atoms with van der Waals surface area (Å²) in [6.07, 6.45) is 4.41. The van der Waals surface area contributed by atoms with E-state index in [9.17, 15) is 10.2 Å². The molecule has 1 fully saturated rings. The standard InChI is InChI=1S/C24H30O4/c1-2-27-22-9-8-18-10-20-11-19(24-14-21(26)13-23(15-25)28-24)7-6-16(20)4-3-5-17(18)12-22/h6-9,11-12,21,23-26H,2-5,10,13-15H2,1H3/t21-,23-,24?/m0/s1. The second-order valence-corrected chi connectivity index (χ2v) is 7.98. The van der Waals surface area contributed by atoms with Crippen LogP contribution < -0.4 is 4.74 Å². The largest absolute Gasteiger partial charge is 0.494 e. The minimum absolute atomic E-state index is 0.0476. The van der Waals surface area contributed by atoms with Crippen molar-refractivity contribution in [1.29, 1.82) is 0 Å². The summed E-state index contributed by atoms with van der Waals surface area (Å²) in [5, 5.41) is 19.6. The molecule has 4 nitrogen and oxygen atoms in total. The average molecular weight is 383 g/mol. The number of fused-ring (bicyclic) bond motifs is 2. The molecule has 2 aliphatic rings. The van der Waals surface area contributed by atoms with E-state index in [1.165, 1.54) is 22.3 Å². The summed E-state index contributed by atoms with van der Waals surface area (Å²) in [4.78, 5) is 0. The maximum Gasteiger partial charge on any atom is 0.119 e. The maximum atomic E-state index is 10.2. The van der Waals surface area contributed by atoms with Crippen LogP contribution in [-0.4, -0.2) is 35.6 Å². The molecule has 4 heteroatoms. The Hall–Kier alpha value is -1.88. The van der Waals surface area contributed by atoms with Crippen LogP contribution >= 0.6 is 0 Å². The molecule has 150 valence electrons. The molecule has 1 unspecified atom stereocenters. The quantitative estimate of drug-likeness (QED) is 0.846. The molecular formula is C24H30O4. The summed E-state index contributed by atoms with van der Waals surface area (Å²) in [5.41, 5.74) is 6.58. The predicted molar refractivity (Wildman–Crippen MR) is 109 cm³/mol. The van der Waals surface area contributed by atoms with E-state index in [-0.39, 0.29) is 18.8 Å². The Kier molecular flexibility index (Phi) is 6.00. The van der Waals surface area contributed by atoms with Gasteiger partial charge in [-0.25, -0.2) is 0 Å². The molecule has 28 heavy (non-hydrogen) atoms. The number of aliphatic hydroxyl groups is 2. The van der Waals surface area contributed by atoms with Crippen LogP contribution in [-0.2, 0) is 24.0 Å². The minimum Gasteiger partial charge on any atom is -0.494 e. The molecule has 4 rings (SSSR count). The highest BCUT2D eigenvalue weighted by Gasteiger charge is 2.29. The summed E-state index contributed by atoms with van der Waals surface area (Å²) in [5.74, 6) is 0.954. The predicted octanol–water partition coefficient (Wildman–Crippen LogP) is 3.74. The van der Waals surface area contributed by atoms with E-state index in [1.54, 1.807) is 0 Å². The summed E-state index contributed by atoms with van der Waals surface area (Å²) < 4.78 is 11.7. The van der Waals surface area contributed by atoms with Gasteiger partial charge in [-0.15, -0.1) is 0 Å². The van der Waals surface area contributed by atoms with Crippen LogP contribution in [0, 0.1) is 0 Å². The highest BCUT2D eigenvalue weighted by atomic mass is 16.5. The van der Waals surface area contributed by atoms with Crippen molar-refractivity contribution in [2.75, 3.05) is 13.2 Å². The fourth-order valence-electron chi connectivity index (χ4n) is 4.52. The highest BCUT2D eigenvalue weighted by molar-refractivity contribution is 5.43. The molecule has 0 saturated carbocycles. The van der Waals surface area contributed by atoms with Gasteiger partial charge >= 0.3 is 0 Å². The molecule has 0 aromatic heterocycles. The molecule has 2 N–H and O–H groups in total. The monoisotopic (exact) mass is 382 g/mol. The van der Waals surface area contributed by atoms with E-state index in [0.717, 1.165) is 37.0 Å². The van der Waals surface area contributed by atoms with Crippen LogP contribution in [0.4, 0.5) is 0 Å². The van der Waals surface area contributed by atoms with E-state index >= 15 is 0 Å². The zero-order valence-electron chi connectivity index (χ0n) is 16.6. The number of ether oxygens (including phenoxy) is 2. The molecule has 2 aromatic rings. The Bertz CT molecular complexity index is 816. The second kappa shape index (κ2) is 8.64. The smallest absolute Gasteiger partial charge is 0.119 e. The van der Waals surface area contributed by atoms with Crippen molar-refractivity contribution in [3.8, 4) is 5.75 Å². The molecule has 0 bridgehead atoms. The molecule has 1 aliphatic heterocycles. The van der Waals surface area contributed by atoms with Gasteiger partial charge in [0.2, 0.25) is 0 Å². The van der Waals surface area contributed by atoms with Gasteiger partial charge in [0.05, 0.1) is 31.5 Å². The van der Waals surface area contributed by atoms with Gasteiger partial charge in [0.15, 0.2) is 0 Å². The Labute approximate surface area is 167 Å². The third kappa shape index (κ3) is 4.24. The molecule has 0 spiro atoms. The molecule has 1 aliphatic carbocycles. The first-order valence-electron chi connectivity index (χ1n) is 10.5. The average Bonchev–Trinajstić information content (AvgIpc) is 2.68.